The second-order valence-electron chi connectivity index (χ2n) is 2.66. The molecule has 0 aliphatic rings. The van der Waals surface area contributed by atoms with Crippen LogP contribution in [0.5, 0.6) is 0 Å². The van der Waals surface area contributed by atoms with Gasteiger partial charge in [-0.1, -0.05) is 24.4 Å². The SMILES string of the molecule is Cc1cc(C(N)=S)ccc1CO. The molecule has 0 saturated heterocycles. The number of nitrogens with two attached hydrogens (primary N) is 1. The highest BCUT2D eigenvalue weighted by atomic mass is 32.1. The van der Waals surface area contributed by atoms with E-state index >= 15 is 0 Å². The monoisotopic (exact) mass is 181 g/mol. The molecule has 0 atom stereocenters. The van der Waals surface area contributed by atoms with Crippen molar-refractivity contribution in [2.24, 2.45) is 5.73 Å². The number of aliphatic hydroxyl groups is 1. The van der Waals surface area contributed by atoms with Gasteiger partial charge < -0.3 is 10.8 Å². The Bertz CT molecular complexity index is 309. The third-order valence-corrected chi connectivity index (χ3v) is 2.03. The summed E-state index contributed by atoms with van der Waals surface area (Å²) in [6, 6.07) is 5.54. The van der Waals surface area contributed by atoms with Crippen molar-refractivity contribution in [2.45, 2.75) is 13.5 Å². The van der Waals surface area contributed by atoms with Gasteiger partial charge in [-0.05, 0) is 24.1 Å². The summed E-state index contributed by atoms with van der Waals surface area (Å²) in [6.45, 7) is 1.98. The van der Waals surface area contributed by atoms with Gasteiger partial charge in [-0.2, -0.15) is 0 Å². The van der Waals surface area contributed by atoms with E-state index in [0.717, 1.165) is 16.7 Å². The first kappa shape index (κ1) is 9.16. The molecule has 0 unspecified atom stereocenters. The smallest absolute Gasteiger partial charge is 0.103 e. The summed E-state index contributed by atoms with van der Waals surface area (Å²) < 4.78 is 0. The average Bonchev–Trinajstić information content (AvgIpc) is 2.04. The number of rotatable bonds is 2. The number of thiocarbonyl (C=S) groups is 1. The molecule has 0 bridgehead atoms. The topological polar surface area (TPSA) is 46.2 Å². The molecule has 12 heavy (non-hydrogen) atoms. The molecular formula is C9H11NOS. The van der Waals surface area contributed by atoms with Crippen LogP contribution < -0.4 is 5.73 Å². The molecule has 3 heteroatoms. The highest BCUT2D eigenvalue weighted by molar-refractivity contribution is 7.80. The van der Waals surface area contributed by atoms with Crippen molar-refractivity contribution in [1.29, 1.82) is 0 Å². The van der Waals surface area contributed by atoms with E-state index in [1.165, 1.54) is 0 Å². The molecule has 64 valence electrons. The fourth-order valence-corrected chi connectivity index (χ4v) is 1.15. The summed E-state index contributed by atoms with van der Waals surface area (Å²) >= 11 is 4.82. The van der Waals surface area contributed by atoms with Crippen molar-refractivity contribution in [3.8, 4) is 0 Å². The number of hydrogen-bond donors (Lipinski definition) is 2. The van der Waals surface area contributed by atoms with Gasteiger partial charge in [0, 0.05) is 5.56 Å². The molecule has 0 amide bonds. The van der Waals surface area contributed by atoms with Gasteiger partial charge >= 0.3 is 0 Å². The van der Waals surface area contributed by atoms with Crippen LogP contribution in [0.25, 0.3) is 0 Å². The van der Waals surface area contributed by atoms with Crippen LogP contribution in [0.2, 0.25) is 0 Å². The van der Waals surface area contributed by atoms with E-state index in [4.69, 9.17) is 23.1 Å². The van der Waals surface area contributed by atoms with Gasteiger partial charge in [0.15, 0.2) is 0 Å². The van der Waals surface area contributed by atoms with Crippen LogP contribution in [-0.2, 0) is 6.61 Å². The first-order valence-electron chi connectivity index (χ1n) is 3.65. The molecular weight excluding hydrogens is 170 g/mol. The second kappa shape index (κ2) is 3.65. The lowest BCUT2D eigenvalue weighted by Crippen LogP contribution is -2.09. The Morgan fingerprint density at radius 3 is 2.67 bits per heavy atom. The molecule has 0 heterocycles. The summed E-state index contributed by atoms with van der Waals surface area (Å²) in [7, 11) is 0. The Labute approximate surface area is 77.0 Å². The first-order chi connectivity index (χ1) is 5.65. The standard InChI is InChI=1S/C9H11NOS/c1-6-4-7(9(10)12)2-3-8(6)5-11/h2-4,11H,5H2,1H3,(H2,10,12). The molecule has 0 fully saturated rings. The lowest BCUT2D eigenvalue weighted by Gasteiger charge is -2.04. The molecule has 0 saturated carbocycles. The predicted octanol–water partition coefficient (Wildman–Crippen LogP) is 1.12. The van der Waals surface area contributed by atoms with E-state index in [-0.39, 0.29) is 6.61 Å². The normalized spacial score (nSPS) is 9.83. The van der Waals surface area contributed by atoms with Gasteiger partial charge in [0.05, 0.1) is 6.61 Å². The highest BCUT2D eigenvalue weighted by Crippen LogP contribution is 2.10. The second-order valence-corrected chi connectivity index (χ2v) is 3.10. The summed E-state index contributed by atoms with van der Waals surface area (Å²) in [5.41, 5.74) is 8.22. The van der Waals surface area contributed by atoms with E-state index < -0.39 is 0 Å². The van der Waals surface area contributed by atoms with Crippen molar-refractivity contribution >= 4 is 17.2 Å². The van der Waals surface area contributed by atoms with E-state index in [1.807, 2.05) is 25.1 Å². The van der Waals surface area contributed by atoms with Gasteiger partial charge in [-0.25, -0.2) is 0 Å². The van der Waals surface area contributed by atoms with Crippen LogP contribution in [-0.4, -0.2) is 10.1 Å². The summed E-state index contributed by atoms with van der Waals surface area (Å²) in [5.74, 6) is 0. The molecule has 2 nitrogen and oxygen atoms in total. The minimum absolute atomic E-state index is 0.0590. The maximum Gasteiger partial charge on any atom is 0.103 e. The lowest BCUT2D eigenvalue weighted by molar-refractivity contribution is 0.281. The Hall–Kier alpha value is -0.930. The van der Waals surface area contributed by atoms with E-state index in [9.17, 15) is 0 Å². The van der Waals surface area contributed by atoms with Crippen molar-refractivity contribution in [2.75, 3.05) is 0 Å². The summed E-state index contributed by atoms with van der Waals surface area (Å²) in [5, 5.41) is 8.88. The quantitative estimate of drug-likeness (QED) is 0.672. The Morgan fingerprint density at radius 2 is 2.25 bits per heavy atom. The van der Waals surface area contributed by atoms with E-state index in [1.54, 1.807) is 0 Å². The van der Waals surface area contributed by atoms with Gasteiger partial charge in [0.25, 0.3) is 0 Å². The predicted molar refractivity (Wildman–Crippen MR) is 53.0 cm³/mol. The van der Waals surface area contributed by atoms with Crippen LogP contribution in [0, 0.1) is 6.92 Å². The van der Waals surface area contributed by atoms with Gasteiger partial charge in [0.1, 0.15) is 4.99 Å². The maximum absolute atomic E-state index is 8.88. The lowest BCUT2D eigenvalue weighted by atomic mass is 10.1. The zero-order valence-corrected chi connectivity index (χ0v) is 7.69. The van der Waals surface area contributed by atoms with Crippen LogP contribution in [0.15, 0.2) is 18.2 Å². The highest BCUT2D eigenvalue weighted by Gasteiger charge is 1.99. The van der Waals surface area contributed by atoms with Gasteiger partial charge in [-0.15, -0.1) is 0 Å². The molecule has 0 aliphatic heterocycles. The van der Waals surface area contributed by atoms with Crippen LogP contribution >= 0.6 is 12.2 Å². The zero-order valence-electron chi connectivity index (χ0n) is 6.87. The minimum atomic E-state index is 0.0590. The fraction of sp³-hybridized carbons (Fsp3) is 0.222. The fourth-order valence-electron chi connectivity index (χ4n) is 1.03. The van der Waals surface area contributed by atoms with Crippen molar-refractivity contribution in [3.05, 3.63) is 34.9 Å². The Kier molecular flexibility index (Phi) is 2.78. The van der Waals surface area contributed by atoms with E-state index in [0.29, 0.717) is 4.99 Å². The number of hydrogen-bond acceptors (Lipinski definition) is 2. The number of aryl methyl sites for hydroxylation is 1. The molecule has 0 aromatic heterocycles. The summed E-state index contributed by atoms with van der Waals surface area (Å²) in [6.07, 6.45) is 0. The Morgan fingerprint density at radius 1 is 1.58 bits per heavy atom. The maximum atomic E-state index is 8.88. The molecule has 0 aliphatic carbocycles. The average molecular weight is 181 g/mol. The van der Waals surface area contributed by atoms with Crippen molar-refractivity contribution in [1.82, 2.24) is 0 Å². The molecule has 3 N–H and O–H groups in total. The molecule has 0 radical (unpaired) electrons. The largest absolute Gasteiger partial charge is 0.392 e. The van der Waals surface area contributed by atoms with Gasteiger partial charge in [0.2, 0.25) is 0 Å². The van der Waals surface area contributed by atoms with Crippen LogP contribution in [0.4, 0.5) is 0 Å². The van der Waals surface area contributed by atoms with Gasteiger partial charge in [-0.3, -0.25) is 0 Å². The van der Waals surface area contributed by atoms with Crippen LogP contribution in [0.1, 0.15) is 16.7 Å². The third-order valence-electron chi connectivity index (χ3n) is 1.80. The molecule has 1 aromatic carbocycles. The first-order valence-corrected chi connectivity index (χ1v) is 4.06. The van der Waals surface area contributed by atoms with Crippen LogP contribution in [0.3, 0.4) is 0 Å². The zero-order chi connectivity index (χ0) is 9.14. The van der Waals surface area contributed by atoms with E-state index in [2.05, 4.69) is 0 Å². The third kappa shape index (κ3) is 1.81. The van der Waals surface area contributed by atoms with Crippen molar-refractivity contribution in [3.63, 3.8) is 0 Å². The Balaban J connectivity index is 3.10. The summed E-state index contributed by atoms with van der Waals surface area (Å²) in [4.78, 5) is 0.391. The number of aliphatic hydroxyl groups excluding tert-OH is 1. The molecule has 1 rings (SSSR count). The molecule has 1 aromatic rings. The molecule has 0 spiro atoms. The number of benzene rings is 1. The van der Waals surface area contributed by atoms with Crippen molar-refractivity contribution < 1.29 is 5.11 Å². The minimum Gasteiger partial charge on any atom is -0.392 e.